The zero-order valence-electron chi connectivity index (χ0n) is 17.1. The summed E-state index contributed by atoms with van der Waals surface area (Å²) >= 11 is 6.11. The van der Waals surface area contributed by atoms with Crippen LogP contribution < -0.4 is 5.56 Å². The molecule has 3 heterocycles. The summed E-state index contributed by atoms with van der Waals surface area (Å²) in [7, 11) is 0. The van der Waals surface area contributed by atoms with Crippen LogP contribution in [0.5, 0.6) is 0 Å². The molecule has 8 heteroatoms. The van der Waals surface area contributed by atoms with Crippen LogP contribution in [0.1, 0.15) is 5.56 Å². The van der Waals surface area contributed by atoms with Crippen molar-refractivity contribution in [1.82, 2.24) is 24.2 Å². The van der Waals surface area contributed by atoms with E-state index in [4.69, 9.17) is 21.6 Å². The maximum Gasteiger partial charge on any atom is 0.269 e. The van der Waals surface area contributed by atoms with Gasteiger partial charge in [0.05, 0.1) is 22.9 Å². The summed E-state index contributed by atoms with van der Waals surface area (Å²) < 4.78 is 3.06. The molecule has 3 aromatic heterocycles. The van der Waals surface area contributed by atoms with Gasteiger partial charge in [0.2, 0.25) is 0 Å². The predicted octanol–water partition coefficient (Wildman–Crippen LogP) is 4.82. The Morgan fingerprint density at radius 3 is 2.39 bits per heavy atom. The van der Waals surface area contributed by atoms with Crippen molar-refractivity contribution in [3.63, 3.8) is 0 Å². The molecule has 0 aliphatic heterocycles. The third kappa shape index (κ3) is 3.26. The second-order valence-corrected chi connectivity index (χ2v) is 7.89. The molecule has 3 aromatic carbocycles. The van der Waals surface area contributed by atoms with Gasteiger partial charge in [0, 0.05) is 5.02 Å². The second-order valence-electron chi connectivity index (χ2n) is 7.45. The van der Waals surface area contributed by atoms with Crippen molar-refractivity contribution < 1.29 is 0 Å². The van der Waals surface area contributed by atoms with Crippen LogP contribution in [0.4, 0.5) is 0 Å². The monoisotopic (exact) mass is 450 g/mol. The number of rotatable bonds is 3. The summed E-state index contributed by atoms with van der Waals surface area (Å²) in [6, 6.07) is 24.2. The van der Waals surface area contributed by atoms with Gasteiger partial charge in [-0.25, -0.2) is 15.0 Å². The quantitative estimate of drug-likeness (QED) is 0.362. The summed E-state index contributed by atoms with van der Waals surface area (Å²) in [6.07, 6.45) is 3.16. The topological polar surface area (TPSA) is 78.0 Å². The maximum atomic E-state index is 13.6. The standard InChI is InChI=1S/C25H15ClN6O/c26-17-8-6-7-16(13-17)14-28-32-23-21(22-24(32)30-20-12-5-4-11-19(20)29-22)25(33)31(15-27-23)18-9-2-1-3-10-18/h1-15H/b28-14-. The molecular formula is C25H15ClN6O. The third-order valence-corrected chi connectivity index (χ3v) is 5.58. The molecule has 6 aromatic rings. The van der Waals surface area contributed by atoms with E-state index in [2.05, 4.69) is 10.1 Å². The summed E-state index contributed by atoms with van der Waals surface area (Å²) in [6.45, 7) is 0. The highest BCUT2D eigenvalue weighted by molar-refractivity contribution is 6.30. The van der Waals surface area contributed by atoms with Crippen LogP contribution in [-0.2, 0) is 0 Å². The Hall–Kier alpha value is -4.36. The smallest absolute Gasteiger partial charge is 0.268 e. The van der Waals surface area contributed by atoms with Gasteiger partial charge >= 0.3 is 0 Å². The predicted molar refractivity (Wildman–Crippen MR) is 130 cm³/mol. The van der Waals surface area contributed by atoms with Crippen molar-refractivity contribution in [2.45, 2.75) is 0 Å². The summed E-state index contributed by atoms with van der Waals surface area (Å²) in [5, 5.41) is 5.57. The van der Waals surface area contributed by atoms with Gasteiger partial charge in [0.25, 0.3) is 5.56 Å². The van der Waals surface area contributed by atoms with E-state index in [1.807, 2.05) is 66.7 Å². The van der Waals surface area contributed by atoms with E-state index in [1.165, 1.54) is 10.9 Å². The first kappa shape index (κ1) is 19.3. The van der Waals surface area contributed by atoms with Gasteiger partial charge < -0.3 is 0 Å². The number of hydrogen-bond acceptors (Lipinski definition) is 5. The Morgan fingerprint density at radius 1 is 0.848 bits per heavy atom. The number of nitrogens with zero attached hydrogens (tertiary/aromatic N) is 6. The number of benzene rings is 3. The zero-order chi connectivity index (χ0) is 22.4. The molecule has 0 fully saturated rings. The van der Waals surface area contributed by atoms with Gasteiger partial charge in [-0.05, 0) is 42.0 Å². The first-order valence-electron chi connectivity index (χ1n) is 10.2. The lowest BCUT2D eigenvalue weighted by Crippen LogP contribution is -2.18. The number of halogens is 1. The molecule has 0 radical (unpaired) electrons. The van der Waals surface area contributed by atoms with Crippen LogP contribution in [0, 0.1) is 0 Å². The Morgan fingerprint density at radius 2 is 1.61 bits per heavy atom. The van der Waals surface area contributed by atoms with Gasteiger partial charge in [0.1, 0.15) is 17.2 Å². The lowest BCUT2D eigenvalue weighted by molar-refractivity contribution is 0.906. The average Bonchev–Trinajstić information content (AvgIpc) is 3.15. The van der Waals surface area contributed by atoms with Gasteiger partial charge in [0.15, 0.2) is 11.3 Å². The summed E-state index contributed by atoms with van der Waals surface area (Å²) in [4.78, 5) is 27.7. The van der Waals surface area contributed by atoms with Crippen molar-refractivity contribution >= 4 is 51.0 Å². The highest BCUT2D eigenvalue weighted by Gasteiger charge is 2.20. The minimum atomic E-state index is -0.238. The molecule has 0 amide bonds. The molecular weight excluding hydrogens is 436 g/mol. The Bertz CT molecular complexity index is 1750. The number of hydrogen-bond donors (Lipinski definition) is 0. The van der Waals surface area contributed by atoms with Crippen LogP contribution in [0.15, 0.2) is 95.1 Å². The SMILES string of the molecule is O=c1c2c3nc4ccccc4nc3n(/N=C\c3cccc(Cl)c3)c2ncn1-c1ccccc1. The van der Waals surface area contributed by atoms with Gasteiger partial charge in [-0.15, -0.1) is 0 Å². The molecule has 0 spiro atoms. The Labute approximate surface area is 192 Å². The highest BCUT2D eigenvalue weighted by Crippen LogP contribution is 2.25. The molecule has 33 heavy (non-hydrogen) atoms. The van der Waals surface area contributed by atoms with E-state index in [0.29, 0.717) is 43.9 Å². The maximum absolute atomic E-state index is 13.6. The molecule has 158 valence electrons. The minimum Gasteiger partial charge on any atom is -0.268 e. The van der Waals surface area contributed by atoms with Gasteiger partial charge in [-0.3, -0.25) is 9.36 Å². The van der Waals surface area contributed by atoms with Crippen molar-refractivity contribution in [2.75, 3.05) is 0 Å². The fourth-order valence-electron chi connectivity index (χ4n) is 3.81. The van der Waals surface area contributed by atoms with Gasteiger partial charge in [-0.2, -0.15) is 9.78 Å². The second kappa shape index (κ2) is 7.65. The molecule has 0 unspecified atom stereocenters. The fourth-order valence-corrected chi connectivity index (χ4v) is 4.01. The van der Waals surface area contributed by atoms with E-state index in [-0.39, 0.29) is 5.56 Å². The molecule has 0 atom stereocenters. The van der Waals surface area contributed by atoms with Crippen molar-refractivity contribution in [1.29, 1.82) is 0 Å². The van der Waals surface area contributed by atoms with E-state index >= 15 is 0 Å². The number of fused-ring (bicyclic) bond motifs is 4. The normalized spacial score (nSPS) is 11.8. The Balaban J connectivity index is 1.68. The minimum absolute atomic E-state index is 0.238. The van der Waals surface area contributed by atoms with Crippen LogP contribution >= 0.6 is 11.6 Å². The average molecular weight is 451 g/mol. The Kier molecular flexibility index (Phi) is 4.48. The molecule has 0 bridgehead atoms. The van der Waals surface area contributed by atoms with E-state index in [1.54, 1.807) is 23.0 Å². The van der Waals surface area contributed by atoms with E-state index < -0.39 is 0 Å². The first-order chi connectivity index (χ1) is 16.2. The first-order valence-corrected chi connectivity index (χ1v) is 10.6. The fraction of sp³-hybridized carbons (Fsp3) is 0. The summed E-state index contributed by atoms with van der Waals surface area (Å²) in [5.41, 5.74) is 3.98. The molecule has 0 N–H and O–H groups in total. The molecule has 0 aliphatic carbocycles. The van der Waals surface area contributed by atoms with Crippen molar-refractivity contribution in [3.05, 3.63) is 106 Å². The van der Waals surface area contributed by atoms with Crippen LogP contribution in [0.3, 0.4) is 0 Å². The largest absolute Gasteiger partial charge is 0.269 e. The lowest BCUT2D eigenvalue weighted by Gasteiger charge is -2.04. The molecule has 0 saturated carbocycles. The van der Waals surface area contributed by atoms with Crippen molar-refractivity contribution in [3.8, 4) is 5.69 Å². The van der Waals surface area contributed by atoms with Crippen LogP contribution in [0.2, 0.25) is 5.02 Å². The molecule has 6 rings (SSSR count). The van der Waals surface area contributed by atoms with Crippen molar-refractivity contribution in [2.24, 2.45) is 5.10 Å². The van der Waals surface area contributed by atoms with E-state index in [0.717, 1.165) is 5.56 Å². The summed E-state index contributed by atoms with van der Waals surface area (Å²) in [5.74, 6) is 0. The molecule has 0 aliphatic rings. The lowest BCUT2D eigenvalue weighted by atomic mass is 10.2. The highest BCUT2D eigenvalue weighted by atomic mass is 35.5. The third-order valence-electron chi connectivity index (χ3n) is 5.35. The zero-order valence-corrected chi connectivity index (χ0v) is 17.9. The van der Waals surface area contributed by atoms with Crippen LogP contribution in [-0.4, -0.2) is 30.4 Å². The van der Waals surface area contributed by atoms with E-state index in [9.17, 15) is 4.79 Å². The molecule has 7 nitrogen and oxygen atoms in total. The van der Waals surface area contributed by atoms with Crippen LogP contribution in [0.25, 0.3) is 38.9 Å². The number of para-hydroxylation sites is 3. The number of aromatic nitrogens is 5. The molecule has 0 saturated heterocycles. The van der Waals surface area contributed by atoms with Gasteiger partial charge in [-0.1, -0.05) is 54.1 Å².